The Morgan fingerprint density at radius 2 is 2.10 bits per heavy atom. The zero-order valence-electron chi connectivity index (χ0n) is 17.8. The van der Waals surface area contributed by atoms with E-state index >= 15 is 0 Å². The summed E-state index contributed by atoms with van der Waals surface area (Å²) < 4.78 is 12.5. The van der Waals surface area contributed by atoms with E-state index in [1.54, 1.807) is 12.2 Å². The van der Waals surface area contributed by atoms with Gasteiger partial charge in [0.05, 0.1) is 12.2 Å². The number of fused-ring (bicyclic) bond motifs is 7. The van der Waals surface area contributed by atoms with E-state index in [1.807, 2.05) is 6.08 Å². The van der Waals surface area contributed by atoms with Gasteiger partial charge in [-0.2, -0.15) is 0 Å². The quantitative estimate of drug-likeness (QED) is 0.731. The van der Waals surface area contributed by atoms with Gasteiger partial charge in [0.25, 0.3) is 0 Å². The molecule has 0 aromatic rings. The molecular weight excluding hydrogens is 384 g/mol. The first-order chi connectivity index (χ1) is 14.3. The Morgan fingerprint density at radius 3 is 2.83 bits per heavy atom. The van der Waals surface area contributed by atoms with Crippen molar-refractivity contribution in [3.63, 3.8) is 0 Å². The first-order valence-corrected chi connectivity index (χ1v) is 11.4. The average Bonchev–Trinajstić information content (AvgIpc) is 3.22. The highest BCUT2D eigenvalue weighted by Crippen LogP contribution is 2.64. The zero-order valence-corrected chi connectivity index (χ0v) is 17.8. The number of ether oxygens (including phenoxy) is 2. The van der Waals surface area contributed by atoms with Crippen molar-refractivity contribution < 1.29 is 29.3 Å². The number of allylic oxidation sites excluding steroid dienone is 4. The number of ketones is 2. The summed E-state index contributed by atoms with van der Waals surface area (Å²) in [5, 5.41) is 21.1. The van der Waals surface area contributed by atoms with E-state index in [2.05, 4.69) is 13.8 Å². The number of aliphatic hydroxyl groups is 2. The van der Waals surface area contributed by atoms with Gasteiger partial charge in [-0.25, -0.2) is 0 Å². The van der Waals surface area contributed by atoms with Gasteiger partial charge in [0.2, 0.25) is 0 Å². The summed E-state index contributed by atoms with van der Waals surface area (Å²) >= 11 is 0. The Morgan fingerprint density at radius 1 is 1.30 bits per heavy atom. The molecule has 0 radical (unpaired) electrons. The van der Waals surface area contributed by atoms with Gasteiger partial charge in [-0.05, 0) is 56.1 Å². The van der Waals surface area contributed by atoms with Crippen LogP contribution in [0.15, 0.2) is 23.8 Å². The summed E-state index contributed by atoms with van der Waals surface area (Å²) in [5.74, 6) is -0.000523. The molecule has 2 N–H and O–H groups in total. The fourth-order valence-electron chi connectivity index (χ4n) is 7.58. The summed E-state index contributed by atoms with van der Waals surface area (Å²) in [4.78, 5) is 25.0. The van der Waals surface area contributed by atoms with Gasteiger partial charge in [-0.1, -0.05) is 31.9 Å². The first kappa shape index (κ1) is 20.6. The molecule has 164 valence electrons. The Kier molecular flexibility index (Phi) is 4.86. The van der Waals surface area contributed by atoms with Crippen LogP contribution in [0.25, 0.3) is 0 Å². The molecule has 3 saturated carbocycles. The van der Waals surface area contributed by atoms with Gasteiger partial charge in [0.1, 0.15) is 6.61 Å². The molecule has 4 fully saturated rings. The largest absolute Gasteiger partial charge is 0.393 e. The van der Waals surface area contributed by atoms with Crippen LogP contribution in [0, 0.1) is 29.1 Å². The number of rotatable bonds is 4. The smallest absolute Gasteiger partial charge is 0.192 e. The molecule has 6 nitrogen and oxygen atoms in total. The molecule has 1 saturated heterocycles. The summed E-state index contributed by atoms with van der Waals surface area (Å²) in [7, 11) is 0. The highest BCUT2D eigenvalue weighted by Gasteiger charge is 2.70. The van der Waals surface area contributed by atoms with Crippen LogP contribution < -0.4 is 0 Å². The number of aliphatic hydroxyl groups excluding tert-OH is 2. The van der Waals surface area contributed by atoms with Crippen molar-refractivity contribution in [2.45, 2.75) is 76.5 Å². The maximum Gasteiger partial charge on any atom is 0.192 e. The third kappa shape index (κ3) is 2.63. The maximum absolute atomic E-state index is 13.0. The fourth-order valence-corrected chi connectivity index (χ4v) is 7.58. The van der Waals surface area contributed by atoms with E-state index in [9.17, 15) is 19.8 Å². The normalized spacial score (nSPS) is 49.1. The minimum atomic E-state index is -1.14. The van der Waals surface area contributed by atoms with Crippen LogP contribution >= 0.6 is 0 Å². The second-order valence-electron chi connectivity index (χ2n) is 10.1. The van der Waals surface area contributed by atoms with E-state index in [-0.39, 0.29) is 46.8 Å². The highest BCUT2D eigenvalue weighted by molar-refractivity contribution is 6.01. The van der Waals surface area contributed by atoms with E-state index in [0.717, 1.165) is 31.3 Å². The van der Waals surface area contributed by atoms with Crippen molar-refractivity contribution in [1.29, 1.82) is 0 Å². The van der Waals surface area contributed by atoms with Crippen molar-refractivity contribution in [2.24, 2.45) is 29.1 Å². The highest BCUT2D eigenvalue weighted by atomic mass is 16.7. The van der Waals surface area contributed by atoms with Crippen molar-refractivity contribution in [3.05, 3.63) is 23.8 Å². The summed E-state index contributed by atoms with van der Waals surface area (Å²) in [6, 6.07) is 0. The van der Waals surface area contributed by atoms with Crippen molar-refractivity contribution in [2.75, 3.05) is 6.61 Å². The van der Waals surface area contributed by atoms with Crippen molar-refractivity contribution in [3.8, 4) is 0 Å². The first-order valence-electron chi connectivity index (χ1n) is 11.4. The van der Waals surface area contributed by atoms with Crippen molar-refractivity contribution in [1.82, 2.24) is 0 Å². The Labute approximate surface area is 177 Å². The monoisotopic (exact) mass is 416 g/mol. The lowest BCUT2D eigenvalue weighted by atomic mass is 9.49. The van der Waals surface area contributed by atoms with Crippen LogP contribution in [0.1, 0.15) is 52.4 Å². The van der Waals surface area contributed by atoms with E-state index < -0.39 is 24.6 Å². The van der Waals surface area contributed by atoms with Crippen LogP contribution in [-0.4, -0.2) is 52.5 Å². The van der Waals surface area contributed by atoms with Gasteiger partial charge in [0.15, 0.2) is 23.5 Å². The molecule has 9 atom stereocenters. The van der Waals surface area contributed by atoms with Gasteiger partial charge in [0, 0.05) is 17.3 Å². The number of hydrogen-bond donors (Lipinski definition) is 2. The third-order valence-electron chi connectivity index (χ3n) is 8.74. The molecule has 1 heterocycles. The van der Waals surface area contributed by atoms with Crippen molar-refractivity contribution >= 4 is 11.6 Å². The van der Waals surface area contributed by atoms with Gasteiger partial charge in [-0.3, -0.25) is 9.59 Å². The molecule has 5 rings (SSSR count). The van der Waals surface area contributed by atoms with Crippen LogP contribution in [0.2, 0.25) is 0 Å². The van der Waals surface area contributed by atoms with Gasteiger partial charge < -0.3 is 19.7 Å². The molecule has 3 unspecified atom stereocenters. The second-order valence-corrected chi connectivity index (χ2v) is 10.1. The summed E-state index contributed by atoms with van der Waals surface area (Å²) in [5.41, 5.74) is -0.358. The molecule has 6 heteroatoms. The molecule has 0 bridgehead atoms. The van der Waals surface area contributed by atoms with Crippen LogP contribution in [0.3, 0.4) is 0 Å². The fraction of sp³-hybridized carbons (Fsp3) is 0.750. The van der Waals surface area contributed by atoms with Crippen LogP contribution in [-0.2, 0) is 19.1 Å². The number of carbonyl (C=O) groups is 2. The van der Waals surface area contributed by atoms with E-state index in [1.165, 1.54) is 0 Å². The lowest BCUT2D eigenvalue weighted by molar-refractivity contribution is -0.174. The lowest BCUT2D eigenvalue weighted by Gasteiger charge is -2.56. The number of Topliss-reactive ketones (excluding diaryl/α,β-unsaturated/α-hetero) is 1. The molecule has 1 aliphatic heterocycles. The molecule has 0 aromatic carbocycles. The van der Waals surface area contributed by atoms with Crippen LogP contribution in [0.5, 0.6) is 0 Å². The zero-order chi connectivity index (χ0) is 21.3. The molecular formula is C24H32O6. The average molecular weight is 417 g/mol. The summed E-state index contributed by atoms with van der Waals surface area (Å²) in [6.07, 6.45) is 8.50. The number of carbonyl (C=O) groups excluding carboxylic acids is 2. The molecule has 30 heavy (non-hydrogen) atoms. The van der Waals surface area contributed by atoms with Gasteiger partial charge in [-0.15, -0.1) is 0 Å². The lowest BCUT2D eigenvalue weighted by Crippen LogP contribution is -2.58. The minimum Gasteiger partial charge on any atom is -0.393 e. The van der Waals surface area contributed by atoms with E-state index in [0.29, 0.717) is 12.8 Å². The van der Waals surface area contributed by atoms with Gasteiger partial charge >= 0.3 is 0 Å². The predicted molar refractivity (Wildman–Crippen MR) is 108 cm³/mol. The van der Waals surface area contributed by atoms with Crippen LogP contribution in [0.4, 0.5) is 0 Å². The summed E-state index contributed by atoms with van der Waals surface area (Å²) in [6.45, 7) is 3.62. The Balaban J connectivity index is 1.50. The molecule has 0 aromatic heterocycles. The molecule has 0 amide bonds. The molecule has 4 aliphatic carbocycles. The number of hydrogen-bond acceptors (Lipinski definition) is 6. The minimum absolute atomic E-state index is 0.00893. The predicted octanol–water partition coefficient (Wildman–Crippen LogP) is 2.33. The standard InChI is InChI=1S/C24H32O6/c1-3-4-21-29-20-10-16-15-6-5-13-9-14(26)7-8-23(13,2)22(15)18(27)11-17(16)24(20,30-21)19(28)12-25/h7-9,15-18,20-22,25,27H,3-6,10-12H2,1-2H3/t15-,16-,17?,18-,20+,21?,22+,23-,24?/m0/s1. The second kappa shape index (κ2) is 7.09. The Bertz CT molecular complexity index is 817. The Hall–Kier alpha value is -1.34. The SMILES string of the molecule is CCCC1O[C@@H]2C[C@@H]3C(C[C@H](O)[C@H]4[C@H]3CCC3=CC(=O)C=C[C@@]34C)C2(C(=O)CO)O1. The maximum atomic E-state index is 13.0. The topological polar surface area (TPSA) is 93.1 Å². The van der Waals surface area contributed by atoms with E-state index in [4.69, 9.17) is 9.47 Å². The third-order valence-corrected chi connectivity index (χ3v) is 8.74. The molecule has 0 spiro atoms. The molecule has 5 aliphatic rings.